The average molecular weight is 370 g/mol. The van der Waals surface area contributed by atoms with Crippen LogP contribution in [0.2, 0.25) is 0 Å². The molecule has 2 N–H and O–H groups in total. The first kappa shape index (κ1) is 20.1. The van der Waals surface area contributed by atoms with Crippen molar-refractivity contribution in [1.29, 1.82) is 0 Å². The lowest BCUT2D eigenvalue weighted by Crippen LogP contribution is -2.28. The van der Waals surface area contributed by atoms with Crippen molar-refractivity contribution in [1.82, 2.24) is 10.2 Å². The molecule has 0 fully saturated rings. The summed E-state index contributed by atoms with van der Waals surface area (Å²) in [4.78, 5) is 14.5. The van der Waals surface area contributed by atoms with Gasteiger partial charge in [-0.05, 0) is 37.0 Å². The van der Waals surface area contributed by atoms with E-state index < -0.39 is 0 Å². The van der Waals surface area contributed by atoms with E-state index in [1.165, 1.54) is 0 Å². The van der Waals surface area contributed by atoms with Crippen molar-refractivity contribution in [2.24, 2.45) is 5.92 Å². The molecule has 0 radical (unpaired) electrons. The van der Waals surface area contributed by atoms with E-state index in [-0.39, 0.29) is 6.03 Å². The van der Waals surface area contributed by atoms with Crippen LogP contribution in [-0.4, -0.2) is 31.6 Å². The van der Waals surface area contributed by atoms with E-state index in [9.17, 15) is 4.79 Å². The SMILES string of the molecule is CC(C)/C=C/C(CN(C)C)=C(\S)NC(=O)Nc1cccc2ccccc12. The van der Waals surface area contributed by atoms with Crippen LogP contribution in [0.5, 0.6) is 0 Å². The molecule has 0 aliphatic carbocycles. The Morgan fingerprint density at radius 3 is 2.54 bits per heavy atom. The van der Waals surface area contributed by atoms with Crippen molar-refractivity contribution in [2.75, 3.05) is 26.0 Å². The van der Waals surface area contributed by atoms with Crippen molar-refractivity contribution in [3.8, 4) is 0 Å². The minimum Gasteiger partial charge on any atom is -0.307 e. The number of thiol groups is 1. The predicted molar refractivity (Wildman–Crippen MR) is 115 cm³/mol. The molecule has 0 saturated carbocycles. The molecular weight excluding hydrogens is 342 g/mol. The summed E-state index contributed by atoms with van der Waals surface area (Å²) >= 11 is 4.51. The fourth-order valence-electron chi connectivity index (χ4n) is 2.53. The third-order valence-electron chi connectivity index (χ3n) is 3.74. The highest BCUT2D eigenvalue weighted by Gasteiger charge is 2.09. The largest absolute Gasteiger partial charge is 0.324 e. The number of fused-ring (bicyclic) bond motifs is 1. The number of amides is 2. The lowest BCUT2D eigenvalue weighted by Gasteiger charge is -2.15. The molecule has 5 heteroatoms. The zero-order valence-electron chi connectivity index (χ0n) is 15.8. The second kappa shape index (κ2) is 9.46. The normalized spacial score (nSPS) is 12.7. The Kier molecular flexibility index (Phi) is 7.30. The summed E-state index contributed by atoms with van der Waals surface area (Å²) < 4.78 is 0. The number of nitrogens with zero attached hydrogens (tertiary/aromatic N) is 1. The first-order valence-corrected chi connectivity index (χ1v) is 9.12. The molecule has 0 bridgehead atoms. The van der Waals surface area contributed by atoms with Gasteiger partial charge in [0.1, 0.15) is 0 Å². The Hall–Kier alpha value is -2.24. The maximum Gasteiger partial charge on any atom is 0.324 e. The second-order valence-corrected chi connectivity index (χ2v) is 7.27. The molecule has 0 unspecified atom stereocenters. The Balaban J connectivity index is 2.17. The van der Waals surface area contributed by atoms with Crippen LogP contribution in [0.25, 0.3) is 10.8 Å². The van der Waals surface area contributed by atoms with Crippen LogP contribution in [-0.2, 0) is 0 Å². The number of hydrogen-bond acceptors (Lipinski definition) is 3. The van der Waals surface area contributed by atoms with Gasteiger partial charge in [0, 0.05) is 11.9 Å². The number of benzene rings is 2. The zero-order chi connectivity index (χ0) is 19.1. The summed E-state index contributed by atoms with van der Waals surface area (Å²) in [6.45, 7) is 4.92. The standard InChI is InChI=1S/C21H27N3OS/c1-15(2)12-13-17(14-24(3)4)20(26)23-21(25)22-19-11-7-9-16-8-5-6-10-18(16)19/h5-13,15,26H,14H2,1-4H3,(H2,22,23,25)/b13-12+,20-17+. The molecule has 2 aromatic rings. The van der Waals surface area contributed by atoms with E-state index in [2.05, 4.69) is 43.2 Å². The van der Waals surface area contributed by atoms with Crippen LogP contribution < -0.4 is 10.6 Å². The molecule has 138 valence electrons. The van der Waals surface area contributed by atoms with Crippen LogP contribution in [0.15, 0.2) is 65.2 Å². The summed E-state index contributed by atoms with van der Waals surface area (Å²) in [6, 6.07) is 13.5. The number of hydrogen-bond donors (Lipinski definition) is 3. The fraction of sp³-hybridized carbons (Fsp3) is 0.286. The minimum absolute atomic E-state index is 0.305. The third kappa shape index (κ3) is 5.93. The zero-order valence-corrected chi connectivity index (χ0v) is 16.7. The van der Waals surface area contributed by atoms with Crippen LogP contribution >= 0.6 is 12.6 Å². The van der Waals surface area contributed by atoms with Crippen molar-refractivity contribution >= 4 is 35.1 Å². The summed E-state index contributed by atoms with van der Waals surface area (Å²) in [5.74, 6) is 0.429. The van der Waals surface area contributed by atoms with E-state index >= 15 is 0 Å². The summed E-state index contributed by atoms with van der Waals surface area (Å²) in [7, 11) is 3.97. The number of carbonyl (C=O) groups is 1. The van der Waals surface area contributed by atoms with E-state index in [0.29, 0.717) is 17.5 Å². The van der Waals surface area contributed by atoms with E-state index in [1.807, 2.05) is 67.5 Å². The first-order chi connectivity index (χ1) is 12.4. The van der Waals surface area contributed by atoms with Gasteiger partial charge in [-0.2, -0.15) is 0 Å². The topological polar surface area (TPSA) is 44.4 Å². The molecule has 4 nitrogen and oxygen atoms in total. The van der Waals surface area contributed by atoms with Gasteiger partial charge in [-0.3, -0.25) is 0 Å². The Morgan fingerprint density at radius 2 is 1.85 bits per heavy atom. The monoisotopic (exact) mass is 369 g/mol. The van der Waals surface area contributed by atoms with Gasteiger partial charge in [0.15, 0.2) is 0 Å². The van der Waals surface area contributed by atoms with Gasteiger partial charge in [-0.1, -0.05) is 62.4 Å². The van der Waals surface area contributed by atoms with E-state index in [0.717, 1.165) is 22.0 Å². The van der Waals surface area contributed by atoms with Crippen LogP contribution in [0.1, 0.15) is 13.8 Å². The molecule has 0 atom stereocenters. The van der Waals surface area contributed by atoms with Gasteiger partial charge in [0.05, 0.1) is 10.7 Å². The maximum absolute atomic E-state index is 12.5. The minimum atomic E-state index is -0.305. The Bertz CT molecular complexity index is 820. The van der Waals surface area contributed by atoms with Crippen molar-refractivity contribution < 1.29 is 4.79 Å². The lowest BCUT2D eigenvalue weighted by molar-refractivity contribution is 0.254. The number of rotatable bonds is 6. The number of carbonyl (C=O) groups excluding carboxylic acids is 1. The van der Waals surface area contributed by atoms with Crippen LogP contribution in [0, 0.1) is 5.92 Å². The van der Waals surface area contributed by atoms with Gasteiger partial charge >= 0.3 is 6.03 Å². The van der Waals surface area contributed by atoms with E-state index in [1.54, 1.807) is 0 Å². The molecule has 0 aliphatic heterocycles. The van der Waals surface area contributed by atoms with Crippen LogP contribution in [0.3, 0.4) is 0 Å². The molecule has 0 spiro atoms. The number of allylic oxidation sites excluding steroid dienone is 1. The van der Waals surface area contributed by atoms with Gasteiger partial charge in [0.2, 0.25) is 0 Å². The van der Waals surface area contributed by atoms with Gasteiger partial charge in [0.25, 0.3) is 0 Å². The number of anilines is 1. The predicted octanol–water partition coefficient (Wildman–Crippen LogP) is 4.88. The highest BCUT2D eigenvalue weighted by molar-refractivity contribution is 7.84. The molecule has 2 aromatic carbocycles. The quantitative estimate of drug-likeness (QED) is 0.502. The molecule has 0 aliphatic rings. The third-order valence-corrected chi connectivity index (χ3v) is 4.14. The first-order valence-electron chi connectivity index (χ1n) is 8.67. The molecule has 2 amide bonds. The summed E-state index contributed by atoms with van der Waals surface area (Å²) in [5.41, 5.74) is 1.73. The van der Waals surface area contributed by atoms with Crippen molar-refractivity contribution in [2.45, 2.75) is 13.8 Å². The Morgan fingerprint density at radius 1 is 1.15 bits per heavy atom. The van der Waals surface area contributed by atoms with Crippen molar-refractivity contribution in [3.63, 3.8) is 0 Å². The molecule has 0 heterocycles. The summed E-state index contributed by atoms with van der Waals surface area (Å²) in [5, 5.41) is 8.39. The number of likely N-dealkylation sites (N-methyl/N-ethyl adjacent to an activating group) is 1. The van der Waals surface area contributed by atoms with Gasteiger partial charge in [-0.15, -0.1) is 12.6 Å². The maximum atomic E-state index is 12.5. The van der Waals surface area contributed by atoms with Gasteiger partial charge in [-0.25, -0.2) is 4.79 Å². The van der Waals surface area contributed by atoms with E-state index in [4.69, 9.17) is 0 Å². The smallest absolute Gasteiger partial charge is 0.307 e. The lowest BCUT2D eigenvalue weighted by atomic mass is 10.1. The highest BCUT2D eigenvalue weighted by atomic mass is 32.1. The van der Waals surface area contributed by atoms with Gasteiger partial charge < -0.3 is 15.5 Å². The average Bonchev–Trinajstić information content (AvgIpc) is 2.58. The Labute approximate surface area is 161 Å². The van der Waals surface area contributed by atoms with Crippen LogP contribution in [0.4, 0.5) is 10.5 Å². The number of urea groups is 1. The fourth-order valence-corrected chi connectivity index (χ4v) is 2.78. The summed E-state index contributed by atoms with van der Waals surface area (Å²) in [6.07, 6.45) is 4.12. The number of nitrogens with one attached hydrogen (secondary N) is 2. The highest BCUT2D eigenvalue weighted by Crippen LogP contribution is 2.23. The molecule has 0 saturated heterocycles. The molecular formula is C21H27N3OS. The van der Waals surface area contributed by atoms with Crippen molar-refractivity contribution in [3.05, 3.63) is 65.2 Å². The molecule has 26 heavy (non-hydrogen) atoms. The molecule has 2 rings (SSSR count). The second-order valence-electron chi connectivity index (χ2n) is 6.82. The molecule has 0 aromatic heterocycles.